The molecule has 1 saturated heterocycles. The number of sulfonamides is 1. The van der Waals surface area contributed by atoms with Crippen molar-refractivity contribution in [2.45, 2.75) is 11.4 Å². The maximum absolute atomic E-state index is 13.7. The summed E-state index contributed by atoms with van der Waals surface area (Å²) < 4.78 is 40.3. The van der Waals surface area contributed by atoms with E-state index < -0.39 is 15.8 Å². The van der Waals surface area contributed by atoms with Gasteiger partial charge in [0.15, 0.2) is 0 Å². The van der Waals surface area contributed by atoms with Gasteiger partial charge < -0.3 is 10.8 Å². The van der Waals surface area contributed by atoms with E-state index in [1.807, 2.05) is 4.90 Å². The molecule has 1 aromatic carbocycles. The van der Waals surface area contributed by atoms with Crippen LogP contribution in [0.1, 0.15) is 5.56 Å². The largest absolute Gasteiger partial charge is 0.395 e. The van der Waals surface area contributed by atoms with Crippen LogP contribution in [-0.4, -0.2) is 62.1 Å². The van der Waals surface area contributed by atoms with Crippen LogP contribution in [-0.2, 0) is 16.6 Å². The molecule has 1 heterocycles. The highest BCUT2D eigenvalue weighted by molar-refractivity contribution is 7.89. The van der Waals surface area contributed by atoms with Crippen LogP contribution in [0.4, 0.5) is 4.39 Å². The van der Waals surface area contributed by atoms with Crippen LogP contribution < -0.4 is 5.73 Å². The first-order valence-electron chi connectivity index (χ1n) is 6.81. The SMILES string of the molecule is NCc1c(F)cccc1S(=O)(=O)N1CCN(CCO)CC1. The lowest BCUT2D eigenvalue weighted by atomic mass is 10.2. The number of benzene rings is 1. The third kappa shape index (κ3) is 3.41. The molecule has 0 aromatic heterocycles. The standard InChI is InChI=1S/C13H20FN3O3S/c14-12-2-1-3-13(11(12)10-15)21(19,20)17-6-4-16(5-7-17)8-9-18/h1-3,18H,4-10,15H2. The van der Waals surface area contributed by atoms with Gasteiger partial charge in [0.2, 0.25) is 10.0 Å². The highest BCUT2D eigenvalue weighted by atomic mass is 32.2. The number of hydrogen-bond acceptors (Lipinski definition) is 5. The predicted molar refractivity (Wildman–Crippen MR) is 76.6 cm³/mol. The number of halogens is 1. The fourth-order valence-electron chi connectivity index (χ4n) is 2.45. The summed E-state index contributed by atoms with van der Waals surface area (Å²) in [5.41, 5.74) is 5.50. The molecule has 0 amide bonds. The molecule has 0 aliphatic carbocycles. The summed E-state index contributed by atoms with van der Waals surface area (Å²) in [7, 11) is -3.74. The van der Waals surface area contributed by atoms with Crippen molar-refractivity contribution < 1.29 is 17.9 Å². The molecule has 3 N–H and O–H groups in total. The maximum atomic E-state index is 13.7. The molecule has 0 radical (unpaired) electrons. The summed E-state index contributed by atoms with van der Waals surface area (Å²) in [5, 5.41) is 8.89. The third-order valence-electron chi connectivity index (χ3n) is 3.65. The van der Waals surface area contributed by atoms with Gasteiger partial charge in [0, 0.05) is 44.8 Å². The minimum Gasteiger partial charge on any atom is -0.395 e. The number of rotatable bonds is 5. The maximum Gasteiger partial charge on any atom is 0.243 e. The molecule has 0 unspecified atom stereocenters. The quantitative estimate of drug-likeness (QED) is 0.770. The fraction of sp³-hybridized carbons (Fsp3) is 0.538. The lowest BCUT2D eigenvalue weighted by Gasteiger charge is -2.33. The molecule has 0 spiro atoms. The van der Waals surface area contributed by atoms with Crippen LogP contribution in [0.2, 0.25) is 0 Å². The van der Waals surface area contributed by atoms with E-state index in [1.54, 1.807) is 0 Å². The number of nitrogens with zero attached hydrogens (tertiary/aromatic N) is 2. The van der Waals surface area contributed by atoms with Gasteiger partial charge in [0.05, 0.1) is 11.5 Å². The van der Waals surface area contributed by atoms with Crippen LogP contribution in [0, 0.1) is 5.82 Å². The van der Waals surface area contributed by atoms with Crippen molar-refractivity contribution in [3.05, 3.63) is 29.6 Å². The monoisotopic (exact) mass is 317 g/mol. The summed E-state index contributed by atoms with van der Waals surface area (Å²) in [6.45, 7) is 2.16. The van der Waals surface area contributed by atoms with E-state index in [9.17, 15) is 12.8 Å². The van der Waals surface area contributed by atoms with Crippen molar-refractivity contribution in [1.29, 1.82) is 0 Å². The Morgan fingerprint density at radius 3 is 2.48 bits per heavy atom. The molecular weight excluding hydrogens is 297 g/mol. The Bertz CT molecular complexity index is 586. The average Bonchev–Trinajstić information content (AvgIpc) is 2.48. The predicted octanol–water partition coefficient (Wildman–Crippen LogP) is -0.417. The zero-order chi connectivity index (χ0) is 15.5. The van der Waals surface area contributed by atoms with E-state index in [0.29, 0.717) is 32.7 Å². The normalized spacial score (nSPS) is 18.0. The van der Waals surface area contributed by atoms with Crippen LogP contribution >= 0.6 is 0 Å². The summed E-state index contributed by atoms with van der Waals surface area (Å²) in [4.78, 5) is 1.93. The Morgan fingerprint density at radius 2 is 1.90 bits per heavy atom. The number of aliphatic hydroxyl groups excluding tert-OH is 1. The van der Waals surface area contributed by atoms with Gasteiger partial charge in [-0.15, -0.1) is 0 Å². The first-order valence-corrected chi connectivity index (χ1v) is 8.25. The van der Waals surface area contributed by atoms with E-state index in [0.717, 1.165) is 0 Å². The van der Waals surface area contributed by atoms with Gasteiger partial charge in [0.25, 0.3) is 0 Å². The molecule has 118 valence electrons. The second-order valence-corrected chi connectivity index (χ2v) is 6.80. The topological polar surface area (TPSA) is 86.9 Å². The molecule has 21 heavy (non-hydrogen) atoms. The van der Waals surface area contributed by atoms with Crippen molar-refractivity contribution in [3.63, 3.8) is 0 Å². The van der Waals surface area contributed by atoms with Crippen molar-refractivity contribution in [2.75, 3.05) is 39.3 Å². The van der Waals surface area contributed by atoms with Gasteiger partial charge in [-0.25, -0.2) is 12.8 Å². The Kier molecular flexibility index (Phi) is 5.28. The minimum atomic E-state index is -3.74. The van der Waals surface area contributed by atoms with Crippen molar-refractivity contribution in [3.8, 4) is 0 Å². The smallest absolute Gasteiger partial charge is 0.243 e. The Labute approximate surface area is 124 Å². The second-order valence-electron chi connectivity index (χ2n) is 4.89. The van der Waals surface area contributed by atoms with E-state index in [4.69, 9.17) is 10.8 Å². The van der Waals surface area contributed by atoms with E-state index in [2.05, 4.69) is 0 Å². The van der Waals surface area contributed by atoms with E-state index >= 15 is 0 Å². The number of β-amino-alcohol motifs (C(OH)–C–C–N with tert-alkyl or cyclic N) is 1. The van der Waals surface area contributed by atoms with Gasteiger partial charge in [-0.1, -0.05) is 6.07 Å². The number of hydrogen-bond donors (Lipinski definition) is 2. The lowest BCUT2D eigenvalue weighted by Crippen LogP contribution is -2.49. The first kappa shape index (κ1) is 16.3. The minimum absolute atomic E-state index is 0.0234. The first-order chi connectivity index (χ1) is 10.0. The summed E-state index contributed by atoms with van der Waals surface area (Å²) in [6.07, 6.45) is 0. The van der Waals surface area contributed by atoms with Crippen LogP contribution in [0.3, 0.4) is 0 Å². The molecule has 1 aliphatic rings. The Balaban J connectivity index is 2.22. The van der Waals surface area contributed by atoms with Gasteiger partial charge in [-0.3, -0.25) is 4.90 Å². The van der Waals surface area contributed by atoms with Gasteiger partial charge >= 0.3 is 0 Å². The number of piperazine rings is 1. The average molecular weight is 317 g/mol. The lowest BCUT2D eigenvalue weighted by molar-refractivity contribution is 0.151. The molecule has 0 saturated carbocycles. The molecule has 1 fully saturated rings. The second kappa shape index (κ2) is 6.80. The molecule has 0 atom stereocenters. The third-order valence-corrected chi connectivity index (χ3v) is 5.63. The fourth-order valence-corrected chi connectivity index (χ4v) is 4.12. The van der Waals surface area contributed by atoms with E-state index in [-0.39, 0.29) is 23.6 Å². The van der Waals surface area contributed by atoms with Crippen LogP contribution in [0.15, 0.2) is 23.1 Å². The molecule has 2 rings (SSSR count). The molecule has 8 heteroatoms. The molecule has 6 nitrogen and oxygen atoms in total. The Morgan fingerprint density at radius 1 is 1.24 bits per heavy atom. The highest BCUT2D eigenvalue weighted by Crippen LogP contribution is 2.23. The van der Waals surface area contributed by atoms with Crippen LogP contribution in [0.25, 0.3) is 0 Å². The number of aliphatic hydroxyl groups is 1. The summed E-state index contributed by atoms with van der Waals surface area (Å²) >= 11 is 0. The van der Waals surface area contributed by atoms with E-state index in [1.165, 1.54) is 22.5 Å². The molecule has 1 aromatic rings. The van der Waals surface area contributed by atoms with Crippen molar-refractivity contribution >= 4 is 10.0 Å². The van der Waals surface area contributed by atoms with Crippen molar-refractivity contribution in [2.24, 2.45) is 5.73 Å². The van der Waals surface area contributed by atoms with Gasteiger partial charge in [-0.05, 0) is 12.1 Å². The van der Waals surface area contributed by atoms with Gasteiger partial charge in [0.1, 0.15) is 5.82 Å². The van der Waals surface area contributed by atoms with Gasteiger partial charge in [-0.2, -0.15) is 4.31 Å². The molecule has 1 aliphatic heterocycles. The molecule has 0 bridgehead atoms. The summed E-state index contributed by atoms with van der Waals surface area (Å²) in [6, 6.07) is 3.98. The van der Waals surface area contributed by atoms with Crippen molar-refractivity contribution in [1.82, 2.24) is 9.21 Å². The molecular formula is C13H20FN3O3S. The Hall–Kier alpha value is -1.06. The zero-order valence-corrected chi connectivity index (χ0v) is 12.5. The van der Waals surface area contributed by atoms with Crippen LogP contribution in [0.5, 0.6) is 0 Å². The summed E-state index contributed by atoms with van der Waals surface area (Å²) in [5.74, 6) is -0.600. The zero-order valence-electron chi connectivity index (χ0n) is 11.7. The highest BCUT2D eigenvalue weighted by Gasteiger charge is 2.30. The number of nitrogens with two attached hydrogens (primary N) is 1.